The van der Waals surface area contributed by atoms with Crippen LogP contribution in [0.4, 0.5) is 0 Å². The van der Waals surface area contributed by atoms with E-state index >= 15 is 0 Å². The second-order valence-electron chi connectivity index (χ2n) is 7.21. The molecular formula is C18H26O. The molecule has 1 nitrogen and oxygen atoms in total. The van der Waals surface area contributed by atoms with Crippen LogP contribution in [0.15, 0.2) is 18.2 Å². The molecule has 19 heavy (non-hydrogen) atoms. The summed E-state index contributed by atoms with van der Waals surface area (Å²) in [6, 6.07) is 6.41. The maximum Gasteiger partial charge on any atom is 0.0871 e. The first-order valence-corrected chi connectivity index (χ1v) is 7.76. The predicted molar refractivity (Wildman–Crippen MR) is 79.0 cm³/mol. The molecule has 0 amide bonds. The monoisotopic (exact) mass is 258 g/mol. The van der Waals surface area contributed by atoms with Crippen LogP contribution in [0.1, 0.15) is 55.7 Å². The van der Waals surface area contributed by atoms with E-state index in [0.29, 0.717) is 0 Å². The summed E-state index contributed by atoms with van der Waals surface area (Å²) in [5.41, 5.74) is 3.02. The van der Waals surface area contributed by atoms with Crippen LogP contribution in [-0.4, -0.2) is 5.11 Å². The first kappa shape index (κ1) is 13.2. The van der Waals surface area contributed by atoms with E-state index in [4.69, 9.17) is 0 Å². The second-order valence-corrected chi connectivity index (χ2v) is 7.21. The van der Waals surface area contributed by atoms with Gasteiger partial charge in [0.2, 0.25) is 0 Å². The lowest BCUT2D eigenvalue weighted by Gasteiger charge is -2.31. The Kier molecular flexibility index (Phi) is 3.21. The molecule has 0 saturated heterocycles. The molecule has 2 aliphatic rings. The van der Waals surface area contributed by atoms with Crippen LogP contribution < -0.4 is 0 Å². The standard InChI is InChI=1S/C18H26O/c1-12-4-7-17(8-13(12)2)18(3,19)11-16-10-14-5-6-15(16)9-14/h4,7-8,14-16,19H,5-6,9-11H2,1-3H3. The Morgan fingerprint density at radius 3 is 2.53 bits per heavy atom. The number of aryl methyl sites for hydroxylation is 2. The summed E-state index contributed by atoms with van der Waals surface area (Å²) in [4.78, 5) is 0. The van der Waals surface area contributed by atoms with Gasteiger partial charge in [-0.3, -0.25) is 0 Å². The van der Waals surface area contributed by atoms with Crippen molar-refractivity contribution >= 4 is 0 Å². The van der Waals surface area contributed by atoms with Gasteiger partial charge in [0, 0.05) is 0 Å². The third-order valence-corrected chi connectivity index (χ3v) is 5.67. The molecule has 0 spiro atoms. The highest BCUT2D eigenvalue weighted by atomic mass is 16.3. The van der Waals surface area contributed by atoms with E-state index in [2.05, 4.69) is 32.0 Å². The van der Waals surface area contributed by atoms with Crippen molar-refractivity contribution in [2.45, 2.75) is 58.5 Å². The first-order valence-electron chi connectivity index (χ1n) is 7.76. The topological polar surface area (TPSA) is 20.2 Å². The zero-order valence-electron chi connectivity index (χ0n) is 12.4. The number of aliphatic hydroxyl groups is 1. The van der Waals surface area contributed by atoms with Crippen molar-refractivity contribution in [2.24, 2.45) is 17.8 Å². The summed E-state index contributed by atoms with van der Waals surface area (Å²) in [6.45, 7) is 6.26. The summed E-state index contributed by atoms with van der Waals surface area (Å²) in [6.07, 6.45) is 6.56. The number of rotatable bonds is 3. The van der Waals surface area contributed by atoms with E-state index < -0.39 is 5.60 Å². The van der Waals surface area contributed by atoms with E-state index in [1.807, 2.05) is 6.92 Å². The Bertz CT molecular complexity index is 475. The van der Waals surface area contributed by atoms with E-state index in [9.17, 15) is 5.11 Å². The SMILES string of the molecule is Cc1ccc(C(C)(O)CC2CC3CCC2C3)cc1C. The molecule has 1 aromatic rings. The number of benzene rings is 1. The fraction of sp³-hybridized carbons (Fsp3) is 0.667. The van der Waals surface area contributed by atoms with Crippen molar-refractivity contribution in [3.8, 4) is 0 Å². The largest absolute Gasteiger partial charge is 0.385 e. The van der Waals surface area contributed by atoms with E-state index in [0.717, 1.165) is 29.7 Å². The van der Waals surface area contributed by atoms with Crippen LogP contribution in [0.25, 0.3) is 0 Å². The van der Waals surface area contributed by atoms with Crippen LogP contribution in [-0.2, 0) is 5.60 Å². The molecule has 2 aliphatic carbocycles. The highest BCUT2D eigenvalue weighted by molar-refractivity contribution is 5.33. The lowest BCUT2D eigenvalue weighted by Crippen LogP contribution is -2.27. The van der Waals surface area contributed by atoms with Crippen molar-refractivity contribution in [1.29, 1.82) is 0 Å². The average Bonchev–Trinajstić information content (AvgIpc) is 2.94. The molecule has 2 fully saturated rings. The van der Waals surface area contributed by atoms with Gasteiger partial charge >= 0.3 is 0 Å². The van der Waals surface area contributed by atoms with Crippen molar-refractivity contribution in [3.05, 3.63) is 34.9 Å². The summed E-state index contributed by atoms with van der Waals surface area (Å²) in [5, 5.41) is 10.9. The fourth-order valence-corrected chi connectivity index (χ4v) is 4.33. The molecule has 0 aliphatic heterocycles. The smallest absolute Gasteiger partial charge is 0.0871 e. The Labute approximate surface area is 117 Å². The molecule has 2 bridgehead atoms. The van der Waals surface area contributed by atoms with Crippen LogP contribution >= 0.6 is 0 Å². The Morgan fingerprint density at radius 1 is 1.16 bits per heavy atom. The van der Waals surface area contributed by atoms with E-state index in [1.165, 1.54) is 36.8 Å². The van der Waals surface area contributed by atoms with Gasteiger partial charge in [0.1, 0.15) is 0 Å². The predicted octanol–water partition coefficient (Wildman–Crippen LogP) is 4.34. The van der Waals surface area contributed by atoms with Crippen LogP contribution in [0, 0.1) is 31.6 Å². The van der Waals surface area contributed by atoms with Crippen molar-refractivity contribution in [1.82, 2.24) is 0 Å². The Hall–Kier alpha value is -0.820. The Morgan fingerprint density at radius 2 is 1.95 bits per heavy atom. The summed E-state index contributed by atoms with van der Waals surface area (Å²) in [7, 11) is 0. The van der Waals surface area contributed by atoms with Gasteiger partial charge in [-0.15, -0.1) is 0 Å². The van der Waals surface area contributed by atoms with E-state index in [1.54, 1.807) is 0 Å². The molecule has 1 aromatic carbocycles. The normalized spacial score (nSPS) is 32.5. The summed E-state index contributed by atoms with van der Waals surface area (Å²) < 4.78 is 0. The number of hydrogen-bond donors (Lipinski definition) is 1. The molecule has 4 atom stereocenters. The second kappa shape index (κ2) is 4.63. The van der Waals surface area contributed by atoms with Gasteiger partial charge in [-0.1, -0.05) is 24.6 Å². The lowest BCUT2D eigenvalue weighted by atomic mass is 9.78. The van der Waals surface area contributed by atoms with Gasteiger partial charge in [-0.2, -0.15) is 0 Å². The van der Waals surface area contributed by atoms with Crippen LogP contribution in [0.3, 0.4) is 0 Å². The van der Waals surface area contributed by atoms with Gasteiger partial charge < -0.3 is 5.11 Å². The fourth-order valence-electron chi connectivity index (χ4n) is 4.33. The van der Waals surface area contributed by atoms with Gasteiger partial charge in [0.15, 0.2) is 0 Å². The van der Waals surface area contributed by atoms with E-state index in [-0.39, 0.29) is 0 Å². The molecule has 0 heterocycles. The summed E-state index contributed by atoms with van der Waals surface area (Å²) >= 11 is 0. The molecule has 3 rings (SSSR count). The molecular weight excluding hydrogens is 232 g/mol. The van der Waals surface area contributed by atoms with Crippen LogP contribution in [0.2, 0.25) is 0 Å². The quantitative estimate of drug-likeness (QED) is 0.855. The zero-order valence-corrected chi connectivity index (χ0v) is 12.4. The highest BCUT2D eigenvalue weighted by Crippen LogP contribution is 2.51. The minimum absolute atomic E-state index is 0.659. The molecule has 0 radical (unpaired) electrons. The van der Waals surface area contributed by atoms with Crippen LogP contribution in [0.5, 0.6) is 0 Å². The van der Waals surface area contributed by atoms with Gasteiger partial charge in [-0.05, 0) is 80.9 Å². The lowest BCUT2D eigenvalue weighted by molar-refractivity contribution is 0.0204. The summed E-state index contributed by atoms with van der Waals surface area (Å²) in [5.74, 6) is 2.60. The zero-order chi connectivity index (χ0) is 13.6. The van der Waals surface area contributed by atoms with Gasteiger partial charge in [0.25, 0.3) is 0 Å². The molecule has 1 N–H and O–H groups in total. The molecule has 104 valence electrons. The number of fused-ring (bicyclic) bond motifs is 2. The van der Waals surface area contributed by atoms with Gasteiger partial charge in [0.05, 0.1) is 5.60 Å². The first-order chi connectivity index (χ1) is 8.95. The molecule has 0 aromatic heterocycles. The molecule has 2 saturated carbocycles. The average molecular weight is 258 g/mol. The maximum absolute atomic E-state index is 10.9. The third-order valence-electron chi connectivity index (χ3n) is 5.67. The maximum atomic E-state index is 10.9. The Balaban J connectivity index is 1.76. The van der Waals surface area contributed by atoms with Gasteiger partial charge in [-0.25, -0.2) is 0 Å². The van der Waals surface area contributed by atoms with Crippen molar-refractivity contribution in [2.75, 3.05) is 0 Å². The highest BCUT2D eigenvalue weighted by Gasteiger charge is 2.42. The molecule has 4 unspecified atom stereocenters. The van der Waals surface area contributed by atoms with Crippen molar-refractivity contribution < 1.29 is 5.11 Å². The molecule has 1 heteroatoms. The minimum atomic E-state index is -0.659. The van der Waals surface area contributed by atoms with Crippen molar-refractivity contribution in [3.63, 3.8) is 0 Å². The number of hydrogen-bond acceptors (Lipinski definition) is 1. The minimum Gasteiger partial charge on any atom is -0.385 e. The third kappa shape index (κ3) is 2.45.